The Labute approximate surface area is 132 Å². The second kappa shape index (κ2) is 5.38. The van der Waals surface area contributed by atoms with E-state index in [1.165, 1.54) is 3.97 Å². The number of hydrogen-bond donors (Lipinski definition) is 2. The van der Waals surface area contributed by atoms with Crippen molar-refractivity contribution >= 4 is 37.3 Å². The number of nitrogens with zero attached hydrogens (tertiary/aromatic N) is 2. The number of nitrogen functional groups attached to an aromatic ring is 1. The van der Waals surface area contributed by atoms with Gasteiger partial charge in [-0.25, -0.2) is 8.96 Å². The van der Waals surface area contributed by atoms with Crippen LogP contribution in [0.4, 0.5) is 5.00 Å². The first-order valence-corrected chi connectivity index (χ1v) is 8.98. The Morgan fingerprint density at radius 1 is 1.32 bits per heavy atom. The Balaban J connectivity index is 2.25. The summed E-state index contributed by atoms with van der Waals surface area (Å²) in [5.41, 5.74) is 13.4. The largest absolute Gasteiger partial charge is 0.389 e. The molecule has 116 valence electrons. The standard InChI is InChI=1S/C14H16N4O2S2/c1-9-13(16)21-14(17-9)22(19,20)18-8-10(6-7-15)11-4-2-3-5-12(11)18/h2-5,8H,6-7,15-16H2,1H3. The van der Waals surface area contributed by atoms with Crippen LogP contribution in [0, 0.1) is 6.92 Å². The Morgan fingerprint density at radius 2 is 2.05 bits per heavy atom. The molecule has 3 rings (SSSR count). The van der Waals surface area contributed by atoms with Gasteiger partial charge in [0.15, 0.2) is 0 Å². The minimum atomic E-state index is -3.76. The fraction of sp³-hybridized carbons (Fsp3) is 0.214. The molecule has 0 aliphatic rings. The van der Waals surface area contributed by atoms with E-state index in [2.05, 4.69) is 4.98 Å². The smallest absolute Gasteiger partial charge is 0.295 e. The van der Waals surface area contributed by atoms with Gasteiger partial charge < -0.3 is 11.5 Å². The molecule has 0 saturated carbocycles. The highest BCUT2D eigenvalue weighted by atomic mass is 32.2. The van der Waals surface area contributed by atoms with Gasteiger partial charge in [-0.3, -0.25) is 0 Å². The quantitative estimate of drug-likeness (QED) is 0.755. The van der Waals surface area contributed by atoms with Crippen molar-refractivity contribution in [2.45, 2.75) is 17.7 Å². The molecule has 0 spiro atoms. The molecular formula is C14H16N4O2S2. The molecule has 22 heavy (non-hydrogen) atoms. The number of fused-ring (bicyclic) bond motifs is 1. The molecule has 0 atom stereocenters. The Kier molecular flexibility index (Phi) is 3.67. The third-order valence-corrected chi connectivity index (χ3v) is 6.48. The zero-order valence-corrected chi connectivity index (χ0v) is 13.6. The second-order valence-corrected chi connectivity index (χ2v) is 7.96. The van der Waals surface area contributed by atoms with Gasteiger partial charge in [0, 0.05) is 11.6 Å². The van der Waals surface area contributed by atoms with Crippen LogP contribution in [-0.2, 0) is 16.4 Å². The van der Waals surface area contributed by atoms with Crippen LogP contribution >= 0.6 is 11.3 Å². The molecule has 1 aromatic carbocycles. The van der Waals surface area contributed by atoms with Crippen molar-refractivity contribution in [3.05, 3.63) is 41.7 Å². The monoisotopic (exact) mass is 336 g/mol. The van der Waals surface area contributed by atoms with Gasteiger partial charge in [-0.2, -0.15) is 8.42 Å². The summed E-state index contributed by atoms with van der Waals surface area (Å²) in [7, 11) is -3.76. The number of thiazole rings is 1. The SMILES string of the molecule is Cc1nc(S(=O)(=O)n2cc(CCN)c3ccccc32)sc1N. The molecule has 0 aliphatic carbocycles. The average Bonchev–Trinajstić information content (AvgIpc) is 3.02. The van der Waals surface area contributed by atoms with Gasteiger partial charge in [0.05, 0.1) is 11.2 Å². The van der Waals surface area contributed by atoms with Crippen LogP contribution in [0.15, 0.2) is 34.8 Å². The number of para-hydroxylation sites is 1. The summed E-state index contributed by atoms with van der Waals surface area (Å²) < 4.78 is 27.0. The molecular weight excluding hydrogens is 320 g/mol. The number of hydrogen-bond acceptors (Lipinski definition) is 6. The molecule has 0 unspecified atom stereocenters. The first-order chi connectivity index (χ1) is 10.4. The minimum absolute atomic E-state index is 0.00236. The molecule has 6 nitrogen and oxygen atoms in total. The lowest BCUT2D eigenvalue weighted by atomic mass is 10.1. The summed E-state index contributed by atoms with van der Waals surface area (Å²) in [6.07, 6.45) is 2.24. The summed E-state index contributed by atoms with van der Waals surface area (Å²) in [6.45, 7) is 2.15. The second-order valence-electron chi connectivity index (χ2n) is 4.94. The lowest BCUT2D eigenvalue weighted by molar-refractivity contribution is 0.588. The van der Waals surface area contributed by atoms with Gasteiger partial charge in [-0.1, -0.05) is 29.5 Å². The molecule has 0 bridgehead atoms. The third-order valence-electron chi connectivity index (χ3n) is 3.47. The van der Waals surface area contributed by atoms with Crippen LogP contribution in [0.5, 0.6) is 0 Å². The van der Waals surface area contributed by atoms with Crippen molar-refractivity contribution in [1.82, 2.24) is 8.96 Å². The highest BCUT2D eigenvalue weighted by Crippen LogP contribution is 2.30. The molecule has 0 amide bonds. The molecule has 0 saturated heterocycles. The molecule has 8 heteroatoms. The summed E-state index contributed by atoms with van der Waals surface area (Å²) in [5.74, 6) is 0. The van der Waals surface area contributed by atoms with Crippen molar-refractivity contribution in [2.24, 2.45) is 5.73 Å². The third kappa shape index (κ3) is 2.29. The van der Waals surface area contributed by atoms with E-state index in [0.29, 0.717) is 29.2 Å². The number of benzene rings is 1. The summed E-state index contributed by atoms with van der Waals surface area (Å²) in [4.78, 5) is 4.08. The van der Waals surface area contributed by atoms with E-state index in [9.17, 15) is 8.42 Å². The van der Waals surface area contributed by atoms with Crippen LogP contribution < -0.4 is 11.5 Å². The predicted molar refractivity (Wildman–Crippen MR) is 88.5 cm³/mol. The number of anilines is 1. The Morgan fingerprint density at radius 3 is 2.68 bits per heavy atom. The van der Waals surface area contributed by atoms with Crippen LogP contribution in [0.3, 0.4) is 0 Å². The average molecular weight is 336 g/mol. The van der Waals surface area contributed by atoms with Gasteiger partial charge in [0.2, 0.25) is 4.34 Å². The van der Waals surface area contributed by atoms with E-state index in [0.717, 1.165) is 22.3 Å². The van der Waals surface area contributed by atoms with Gasteiger partial charge in [-0.15, -0.1) is 0 Å². The number of aryl methyl sites for hydroxylation is 1. The highest BCUT2D eigenvalue weighted by Gasteiger charge is 2.25. The van der Waals surface area contributed by atoms with Gasteiger partial charge in [0.25, 0.3) is 10.0 Å². The van der Waals surface area contributed by atoms with E-state index in [1.807, 2.05) is 18.2 Å². The minimum Gasteiger partial charge on any atom is -0.389 e. The maximum Gasteiger partial charge on any atom is 0.295 e. The Hall–Kier alpha value is -1.90. The number of rotatable bonds is 4. The summed E-state index contributed by atoms with van der Waals surface area (Å²) in [6, 6.07) is 7.36. The van der Waals surface area contributed by atoms with E-state index in [4.69, 9.17) is 11.5 Å². The fourth-order valence-electron chi connectivity index (χ4n) is 2.35. The van der Waals surface area contributed by atoms with Crippen molar-refractivity contribution < 1.29 is 8.42 Å². The van der Waals surface area contributed by atoms with Crippen LogP contribution in [0.25, 0.3) is 10.9 Å². The van der Waals surface area contributed by atoms with Crippen molar-refractivity contribution in [3.8, 4) is 0 Å². The van der Waals surface area contributed by atoms with Crippen LogP contribution in [-0.4, -0.2) is 23.9 Å². The molecule has 2 heterocycles. The molecule has 4 N–H and O–H groups in total. The van der Waals surface area contributed by atoms with Crippen molar-refractivity contribution in [2.75, 3.05) is 12.3 Å². The predicted octanol–water partition coefficient (Wildman–Crippen LogP) is 1.73. The van der Waals surface area contributed by atoms with E-state index < -0.39 is 10.0 Å². The molecule has 2 aromatic heterocycles. The molecule has 3 aromatic rings. The Bertz CT molecular complexity index is 922. The van der Waals surface area contributed by atoms with Gasteiger partial charge >= 0.3 is 0 Å². The normalized spacial score (nSPS) is 12.1. The maximum atomic E-state index is 12.9. The van der Waals surface area contributed by atoms with E-state index in [-0.39, 0.29) is 4.34 Å². The fourth-order valence-corrected chi connectivity index (χ4v) is 4.95. The lowest BCUT2D eigenvalue weighted by Gasteiger charge is -2.03. The zero-order chi connectivity index (χ0) is 15.9. The summed E-state index contributed by atoms with van der Waals surface area (Å²) in [5, 5.41) is 1.30. The van der Waals surface area contributed by atoms with Crippen molar-refractivity contribution in [1.29, 1.82) is 0 Å². The zero-order valence-electron chi connectivity index (χ0n) is 12.0. The first-order valence-electron chi connectivity index (χ1n) is 6.72. The molecule has 0 aliphatic heterocycles. The van der Waals surface area contributed by atoms with Crippen LogP contribution in [0.2, 0.25) is 0 Å². The maximum absolute atomic E-state index is 12.9. The van der Waals surface area contributed by atoms with Gasteiger partial charge in [-0.05, 0) is 31.5 Å². The van der Waals surface area contributed by atoms with Gasteiger partial charge in [0.1, 0.15) is 5.00 Å². The lowest BCUT2D eigenvalue weighted by Crippen LogP contribution is -2.11. The van der Waals surface area contributed by atoms with E-state index >= 15 is 0 Å². The number of nitrogens with two attached hydrogens (primary N) is 2. The first kappa shape index (κ1) is 15.0. The molecule has 0 radical (unpaired) electrons. The highest BCUT2D eigenvalue weighted by molar-refractivity contribution is 7.92. The van der Waals surface area contributed by atoms with E-state index in [1.54, 1.807) is 19.2 Å². The number of aromatic nitrogens is 2. The molecule has 0 fully saturated rings. The summed E-state index contributed by atoms with van der Waals surface area (Å²) >= 11 is 0.980. The van der Waals surface area contributed by atoms with Crippen LogP contribution in [0.1, 0.15) is 11.3 Å². The topological polar surface area (TPSA) is 104 Å². The van der Waals surface area contributed by atoms with Crippen molar-refractivity contribution in [3.63, 3.8) is 0 Å².